The van der Waals surface area contributed by atoms with Gasteiger partial charge in [0.2, 0.25) is 5.91 Å². The second-order valence-electron chi connectivity index (χ2n) is 4.45. The Balaban J connectivity index is 2.62. The summed E-state index contributed by atoms with van der Waals surface area (Å²) in [5, 5.41) is 2.76. The number of amides is 3. The highest BCUT2D eigenvalue weighted by Crippen LogP contribution is 2.14. The molecule has 1 rings (SSSR count). The number of carbonyl (C=O) groups excluding carboxylic acids is 2. The van der Waals surface area contributed by atoms with E-state index in [1.54, 1.807) is 7.11 Å². The van der Waals surface area contributed by atoms with Crippen LogP contribution in [0.5, 0.6) is 0 Å². The molecule has 0 bridgehead atoms. The van der Waals surface area contributed by atoms with Crippen LogP contribution in [-0.4, -0.2) is 55.0 Å². The molecule has 0 aromatic heterocycles. The van der Waals surface area contributed by atoms with Crippen LogP contribution in [0.2, 0.25) is 0 Å². The number of rotatable bonds is 6. The topological polar surface area (TPSA) is 97.0 Å². The summed E-state index contributed by atoms with van der Waals surface area (Å²) >= 11 is 0. The zero-order valence-electron chi connectivity index (χ0n) is 11.0. The normalized spacial score (nSPS) is 19.3. The monoisotopic (exact) mass is 256 g/mol. The number of amidine groups is 1. The molecule has 0 saturated carbocycles. The van der Waals surface area contributed by atoms with Crippen LogP contribution in [0.4, 0.5) is 4.79 Å². The summed E-state index contributed by atoms with van der Waals surface area (Å²) in [6.07, 6.45) is 0.128. The molecule has 0 aromatic carbocycles. The molecule has 0 fully saturated rings. The Morgan fingerprint density at radius 2 is 2.28 bits per heavy atom. The lowest BCUT2D eigenvalue weighted by molar-refractivity contribution is -0.122. The summed E-state index contributed by atoms with van der Waals surface area (Å²) in [5.41, 5.74) is 5.68. The molecule has 18 heavy (non-hydrogen) atoms. The van der Waals surface area contributed by atoms with Gasteiger partial charge in [-0.2, -0.15) is 4.99 Å². The fourth-order valence-electron chi connectivity index (χ4n) is 1.75. The van der Waals surface area contributed by atoms with Gasteiger partial charge in [0.25, 0.3) is 0 Å². The Bertz CT molecular complexity index is 354. The van der Waals surface area contributed by atoms with Crippen molar-refractivity contribution in [1.82, 2.24) is 10.2 Å². The number of nitrogens with one attached hydrogen (secondary N) is 1. The molecule has 7 heteroatoms. The van der Waals surface area contributed by atoms with E-state index in [1.807, 2.05) is 13.8 Å². The summed E-state index contributed by atoms with van der Waals surface area (Å²) in [6, 6.07) is -0.821. The van der Waals surface area contributed by atoms with E-state index in [2.05, 4.69) is 10.3 Å². The van der Waals surface area contributed by atoms with Crippen molar-refractivity contribution < 1.29 is 14.3 Å². The summed E-state index contributed by atoms with van der Waals surface area (Å²) < 4.78 is 4.92. The average Bonchev–Trinajstić information content (AvgIpc) is 2.50. The van der Waals surface area contributed by atoms with E-state index >= 15 is 0 Å². The largest absolute Gasteiger partial charge is 0.385 e. The number of aliphatic imine (C=N–C) groups is 1. The fraction of sp³-hybridized carbons (Fsp3) is 0.727. The van der Waals surface area contributed by atoms with Crippen LogP contribution in [0.25, 0.3) is 0 Å². The van der Waals surface area contributed by atoms with E-state index in [-0.39, 0.29) is 24.2 Å². The third-order valence-electron chi connectivity index (χ3n) is 2.55. The molecule has 1 aliphatic heterocycles. The first-order valence-electron chi connectivity index (χ1n) is 5.88. The Labute approximate surface area is 106 Å². The van der Waals surface area contributed by atoms with Gasteiger partial charge in [0.1, 0.15) is 11.9 Å². The summed E-state index contributed by atoms with van der Waals surface area (Å²) in [4.78, 5) is 28.4. The molecule has 1 atom stereocenters. The van der Waals surface area contributed by atoms with Crippen molar-refractivity contribution in [3.05, 3.63) is 0 Å². The van der Waals surface area contributed by atoms with Crippen LogP contribution in [0.3, 0.4) is 0 Å². The molecule has 7 nitrogen and oxygen atoms in total. The smallest absolute Gasteiger partial charge is 0.345 e. The molecule has 1 unspecified atom stereocenters. The molecule has 0 aromatic rings. The second kappa shape index (κ2) is 6.34. The quantitative estimate of drug-likeness (QED) is 0.682. The van der Waals surface area contributed by atoms with E-state index in [4.69, 9.17) is 10.5 Å². The van der Waals surface area contributed by atoms with Gasteiger partial charge in [-0.05, 0) is 13.8 Å². The number of carbonyl (C=O) groups is 2. The van der Waals surface area contributed by atoms with Crippen molar-refractivity contribution >= 4 is 17.8 Å². The van der Waals surface area contributed by atoms with E-state index < -0.39 is 12.1 Å². The van der Waals surface area contributed by atoms with Crippen molar-refractivity contribution in [3.63, 3.8) is 0 Å². The third kappa shape index (κ3) is 3.69. The first kappa shape index (κ1) is 14.4. The molecular formula is C11H20N4O3. The number of urea groups is 1. The SMILES string of the molecule is COCCN1C(=O)N=C(N)C1CC(=O)NC(C)C. The number of methoxy groups -OCH3 is 1. The molecular weight excluding hydrogens is 236 g/mol. The van der Waals surface area contributed by atoms with E-state index in [1.165, 1.54) is 4.90 Å². The van der Waals surface area contributed by atoms with Crippen molar-refractivity contribution in [2.24, 2.45) is 10.7 Å². The highest BCUT2D eigenvalue weighted by atomic mass is 16.5. The molecule has 102 valence electrons. The van der Waals surface area contributed by atoms with Crippen LogP contribution in [0, 0.1) is 0 Å². The number of hydrogen-bond acceptors (Lipinski definition) is 4. The second-order valence-corrected chi connectivity index (χ2v) is 4.45. The molecule has 1 aliphatic rings. The van der Waals surface area contributed by atoms with Crippen LogP contribution in [-0.2, 0) is 9.53 Å². The number of hydrogen-bond donors (Lipinski definition) is 2. The van der Waals surface area contributed by atoms with Crippen molar-refractivity contribution in [2.75, 3.05) is 20.3 Å². The first-order chi connectivity index (χ1) is 8.45. The summed E-state index contributed by atoms with van der Waals surface area (Å²) in [5.74, 6) is 0.0419. The van der Waals surface area contributed by atoms with Crippen LogP contribution >= 0.6 is 0 Å². The lowest BCUT2D eigenvalue weighted by atomic mass is 10.1. The predicted molar refractivity (Wildman–Crippen MR) is 67.3 cm³/mol. The lowest BCUT2D eigenvalue weighted by Gasteiger charge is -2.23. The maximum Gasteiger partial charge on any atom is 0.345 e. The summed E-state index contributed by atoms with van der Waals surface area (Å²) in [6.45, 7) is 4.51. The minimum Gasteiger partial charge on any atom is -0.385 e. The lowest BCUT2D eigenvalue weighted by Crippen LogP contribution is -2.45. The molecule has 0 spiro atoms. The van der Waals surface area contributed by atoms with Crippen molar-refractivity contribution in [2.45, 2.75) is 32.4 Å². The first-order valence-corrected chi connectivity index (χ1v) is 5.88. The van der Waals surface area contributed by atoms with Gasteiger partial charge >= 0.3 is 6.03 Å². The molecule has 3 N–H and O–H groups in total. The van der Waals surface area contributed by atoms with Gasteiger partial charge in [-0.3, -0.25) is 4.79 Å². The standard InChI is InChI=1S/C11H20N4O3/c1-7(2)13-9(16)6-8-10(12)14-11(17)15(8)4-5-18-3/h7-8H,4-6H2,1-3H3,(H,13,16)(H2,12,14,17). The van der Waals surface area contributed by atoms with Crippen LogP contribution < -0.4 is 11.1 Å². The van der Waals surface area contributed by atoms with E-state index in [9.17, 15) is 9.59 Å². The van der Waals surface area contributed by atoms with E-state index in [0.29, 0.717) is 13.2 Å². The van der Waals surface area contributed by atoms with E-state index in [0.717, 1.165) is 0 Å². The van der Waals surface area contributed by atoms with Crippen molar-refractivity contribution in [3.8, 4) is 0 Å². The Hall–Kier alpha value is -1.63. The number of nitrogens with zero attached hydrogens (tertiary/aromatic N) is 2. The van der Waals surface area contributed by atoms with Gasteiger partial charge in [0.05, 0.1) is 13.0 Å². The number of nitrogens with two attached hydrogens (primary N) is 1. The summed E-state index contributed by atoms with van der Waals surface area (Å²) in [7, 11) is 1.55. The molecule has 0 radical (unpaired) electrons. The molecule has 0 saturated heterocycles. The zero-order valence-corrected chi connectivity index (χ0v) is 11.0. The Morgan fingerprint density at radius 3 is 2.83 bits per heavy atom. The minimum atomic E-state index is -0.466. The highest BCUT2D eigenvalue weighted by Gasteiger charge is 2.34. The van der Waals surface area contributed by atoms with Gasteiger partial charge in [-0.25, -0.2) is 4.79 Å². The highest BCUT2D eigenvalue weighted by molar-refractivity contribution is 6.04. The minimum absolute atomic E-state index is 0.0557. The molecule has 0 aliphatic carbocycles. The Kier molecular flexibility index (Phi) is 5.08. The van der Waals surface area contributed by atoms with Gasteiger partial charge in [0.15, 0.2) is 0 Å². The molecule has 1 heterocycles. The number of ether oxygens (including phenoxy) is 1. The van der Waals surface area contributed by atoms with Crippen LogP contribution in [0.1, 0.15) is 20.3 Å². The third-order valence-corrected chi connectivity index (χ3v) is 2.55. The van der Waals surface area contributed by atoms with Gasteiger partial charge in [0, 0.05) is 19.7 Å². The van der Waals surface area contributed by atoms with Crippen molar-refractivity contribution in [1.29, 1.82) is 0 Å². The van der Waals surface area contributed by atoms with Gasteiger partial charge < -0.3 is 20.7 Å². The maximum atomic E-state index is 11.7. The van der Waals surface area contributed by atoms with Gasteiger partial charge in [-0.15, -0.1) is 0 Å². The Morgan fingerprint density at radius 1 is 1.61 bits per heavy atom. The predicted octanol–water partition coefficient (Wildman–Crippen LogP) is -0.291. The van der Waals surface area contributed by atoms with Crippen LogP contribution in [0.15, 0.2) is 4.99 Å². The maximum absolute atomic E-state index is 11.7. The fourth-order valence-corrected chi connectivity index (χ4v) is 1.75. The average molecular weight is 256 g/mol. The molecule has 3 amide bonds. The zero-order chi connectivity index (χ0) is 13.7. The van der Waals surface area contributed by atoms with Gasteiger partial charge in [-0.1, -0.05) is 0 Å².